The quantitative estimate of drug-likeness (QED) is 0.858. The van der Waals surface area contributed by atoms with E-state index >= 15 is 0 Å². The van der Waals surface area contributed by atoms with Crippen LogP contribution in [0.2, 0.25) is 0 Å². The lowest BCUT2D eigenvalue weighted by Gasteiger charge is -2.20. The molecule has 2 aromatic carbocycles. The zero-order valence-electron chi connectivity index (χ0n) is 12.7. The highest BCUT2D eigenvalue weighted by molar-refractivity contribution is 9.10. The fraction of sp³-hybridized carbons (Fsp3) is 0.250. The van der Waals surface area contributed by atoms with Crippen LogP contribution >= 0.6 is 15.9 Å². The van der Waals surface area contributed by atoms with Crippen LogP contribution in [-0.2, 0) is 10.0 Å². The SMILES string of the molecule is Cc1ccc(S(=O)(=O)Nc2cc3c(cc2Br)OCCO3)cc1C. The van der Waals surface area contributed by atoms with Gasteiger partial charge in [-0.1, -0.05) is 6.07 Å². The van der Waals surface area contributed by atoms with Crippen LogP contribution in [0.4, 0.5) is 5.69 Å². The standard InChI is InChI=1S/C16H16BrNO4S/c1-10-3-4-12(7-11(10)2)23(19,20)18-14-9-16-15(8-13(14)17)21-5-6-22-16/h3-4,7-9,18H,5-6H2,1-2H3. The lowest BCUT2D eigenvalue weighted by molar-refractivity contribution is 0.171. The molecular formula is C16H16BrNO4S. The lowest BCUT2D eigenvalue weighted by Crippen LogP contribution is -2.17. The topological polar surface area (TPSA) is 64.6 Å². The molecule has 0 amide bonds. The Hall–Kier alpha value is -1.73. The Morgan fingerprint density at radius 1 is 1.00 bits per heavy atom. The molecule has 3 rings (SSSR count). The Morgan fingerprint density at radius 2 is 1.65 bits per heavy atom. The summed E-state index contributed by atoms with van der Waals surface area (Å²) in [6, 6.07) is 8.37. The predicted molar refractivity (Wildman–Crippen MR) is 91.9 cm³/mol. The number of halogens is 1. The number of anilines is 1. The van der Waals surface area contributed by atoms with E-state index in [1.54, 1.807) is 30.3 Å². The maximum absolute atomic E-state index is 12.6. The van der Waals surface area contributed by atoms with E-state index in [0.29, 0.717) is 34.9 Å². The van der Waals surface area contributed by atoms with Gasteiger partial charge in [-0.3, -0.25) is 4.72 Å². The number of rotatable bonds is 3. The summed E-state index contributed by atoms with van der Waals surface area (Å²) in [5.41, 5.74) is 2.38. The van der Waals surface area contributed by atoms with Crippen molar-refractivity contribution in [1.29, 1.82) is 0 Å². The molecule has 0 atom stereocenters. The molecule has 0 bridgehead atoms. The van der Waals surface area contributed by atoms with E-state index in [-0.39, 0.29) is 4.90 Å². The van der Waals surface area contributed by atoms with Gasteiger partial charge in [0.15, 0.2) is 11.5 Å². The highest BCUT2D eigenvalue weighted by Gasteiger charge is 2.20. The van der Waals surface area contributed by atoms with E-state index in [2.05, 4.69) is 20.7 Å². The number of sulfonamides is 1. The second-order valence-electron chi connectivity index (χ2n) is 5.33. The van der Waals surface area contributed by atoms with Gasteiger partial charge in [0.05, 0.1) is 10.6 Å². The van der Waals surface area contributed by atoms with E-state index < -0.39 is 10.0 Å². The van der Waals surface area contributed by atoms with E-state index in [9.17, 15) is 8.42 Å². The molecule has 0 radical (unpaired) electrons. The summed E-state index contributed by atoms with van der Waals surface area (Å²) in [5, 5.41) is 0. The zero-order valence-corrected chi connectivity index (χ0v) is 15.1. The summed E-state index contributed by atoms with van der Waals surface area (Å²) in [6.45, 7) is 4.75. The van der Waals surface area contributed by atoms with Gasteiger partial charge in [-0.25, -0.2) is 8.42 Å². The highest BCUT2D eigenvalue weighted by Crippen LogP contribution is 2.38. The maximum Gasteiger partial charge on any atom is 0.261 e. The molecule has 1 N–H and O–H groups in total. The van der Waals surface area contributed by atoms with Gasteiger partial charge in [-0.2, -0.15) is 0 Å². The number of aryl methyl sites for hydroxylation is 2. The summed E-state index contributed by atoms with van der Waals surface area (Å²) in [6.07, 6.45) is 0. The van der Waals surface area contributed by atoms with Crippen molar-refractivity contribution >= 4 is 31.6 Å². The molecule has 7 heteroatoms. The van der Waals surface area contributed by atoms with Crippen LogP contribution in [0.1, 0.15) is 11.1 Å². The summed E-state index contributed by atoms with van der Waals surface area (Å²) in [4.78, 5) is 0.224. The first kappa shape index (κ1) is 16.1. The summed E-state index contributed by atoms with van der Waals surface area (Å²) < 4.78 is 39.3. The second-order valence-corrected chi connectivity index (χ2v) is 7.86. The molecule has 0 spiro atoms. The third kappa shape index (κ3) is 3.30. The van der Waals surface area contributed by atoms with Gasteiger partial charge in [-0.05, 0) is 53.0 Å². The smallest absolute Gasteiger partial charge is 0.261 e. The minimum absolute atomic E-state index is 0.224. The van der Waals surface area contributed by atoms with Crippen molar-refractivity contribution in [2.45, 2.75) is 18.7 Å². The maximum atomic E-state index is 12.6. The van der Waals surface area contributed by atoms with Crippen LogP contribution in [0.25, 0.3) is 0 Å². The van der Waals surface area contributed by atoms with E-state index in [1.807, 2.05) is 13.8 Å². The summed E-state index contributed by atoms with van der Waals surface area (Å²) >= 11 is 3.36. The molecule has 2 aromatic rings. The molecule has 1 heterocycles. The first-order valence-corrected chi connectivity index (χ1v) is 9.34. The Balaban J connectivity index is 1.95. The molecule has 0 aromatic heterocycles. The van der Waals surface area contributed by atoms with Crippen LogP contribution in [0, 0.1) is 13.8 Å². The molecule has 1 aliphatic heterocycles. The fourth-order valence-electron chi connectivity index (χ4n) is 2.23. The molecule has 1 aliphatic rings. The van der Waals surface area contributed by atoms with E-state index in [4.69, 9.17) is 9.47 Å². The van der Waals surface area contributed by atoms with Crippen molar-refractivity contribution in [3.05, 3.63) is 45.9 Å². The normalized spacial score (nSPS) is 13.7. The average molecular weight is 398 g/mol. The van der Waals surface area contributed by atoms with Gasteiger partial charge in [0, 0.05) is 16.6 Å². The van der Waals surface area contributed by atoms with Gasteiger partial charge in [0.25, 0.3) is 10.0 Å². The first-order valence-electron chi connectivity index (χ1n) is 7.06. The molecule has 0 saturated heterocycles. The molecule has 0 saturated carbocycles. The third-order valence-electron chi connectivity index (χ3n) is 3.66. The van der Waals surface area contributed by atoms with Gasteiger partial charge < -0.3 is 9.47 Å². The van der Waals surface area contributed by atoms with Gasteiger partial charge in [-0.15, -0.1) is 0 Å². The second kappa shape index (κ2) is 6.05. The molecule has 23 heavy (non-hydrogen) atoms. The van der Waals surface area contributed by atoms with Crippen molar-refractivity contribution in [2.75, 3.05) is 17.9 Å². The van der Waals surface area contributed by atoms with Crippen LogP contribution < -0.4 is 14.2 Å². The molecule has 5 nitrogen and oxygen atoms in total. The average Bonchev–Trinajstić information content (AvgIpc) is 2.50. The highest BCUT2D eigenvalue weighted by atomic mass is 79.9. The Bertz CT molecular complexity index is 865. The van der Waals surface area contributed by atoms with E-state index in [0.717, 1.165) is 11.1 Å². The fourth-order valence-corrected chi connectivity index (χ4v) is 3.94. The van der Waals surface area contributed by atoms with Crippen LogP contribution in [0.5, 0.6) is 11.5 Å². The molecule has 122 valence electrons. The van der Waals surface area contributed by atoms with E-state index in [1.165, 1.54) is 0 Å². The van der Waals surface area contributed by atoms with Crippen molar-refractivity contribution in [3.63, 3.8) is 0 Å². The molecule has 0 fully saturated rings. The number of fused-ring (bicyclic) bond motifs is 1. The zero-order chi connectivity index (χ0) is 16.6. The largest absolute Gasteiger partial charge is 0.486 e. The monoisotopic (exact) mass is 397 g/mol. The first-order chi connectivity index (χ1) is 10.9. The Labute approximate surface area is 143 Å². The van der Waals surface area contributed by atoms with Crippen molar-refractivity contribution in [2.24, 2.45) is 0 Å². The minimum atomic E-state index is -3.68. The van der Waals surface area contributed by atoms with Crippen LogP contribution in [0.3, 0.4) is 0 Å². The number of ether oxygens (including phenoxy) is 2. The van der Waals surface area contributed by atoms with Crippen LogP contribution in [-0.4, -0.2) is 21.6 Å². The summed E-state index contributed by atoms with van der Waals surface area (Å²) in [7, 11) is -3.68. The minimum Gasteiger partial charge on any atom is -0.486 e. The number of benzene rings is 2. The van der Waals surface area contributed by atoms with Gasteiger partial charge in [0.2, 0.25) is 0 Å². The number of hydrogen-bond donors (Lipinski definition) is 1. The lowest BCUT2D eigenvalue weighted by atomic mass is 10.1. The van der Waals surface area contributed by atoms with Crippen LogP contribution in [0.15, 0.2) is 39.7 Å². The van der Waals surface area contributed by atoms with Crippen molar-refractivity contribution in [1.82, 2.24) is 0 Å². The van der Waals surface area contributed by atoms with Crippen molar-refractivity contribution in [3.8, 4) is 11.5 Å². The predicted octanol–water partition coefficient (Wildman–Crippen LogP) is 3.64. The van der Waals surface area contributed by atoms with Crippen molar-refractivity contribution < 1.29 is 17.9 Å². The summed E-state index contributed by atoms with van der Waals surface area (Å²) in [5.74, 6) is 1.12. The molecule has 0 unspecified atom stereocenters. The number of hydrogen-bond acceptors (Lipinski definition) is 4. The Morgan fingerprint density at radius 3 is 2.30 bits per heavy atom. The van der Waals surface area contributed by atoms with Gasteiger partial charge >= 0.3 is 0 Å². The number of nitrogens with one attached hydrogen (secondary N) is 1. The Kier molecular flexibility index (Phi) is 4.25. The third-order valence-corrected chi connectivity index (χ3v) is 5.68. The molecular weight excluding hydrogens is 382 g/mol. The van der Waals surface area contributed by atoms with Gasteiger partial charge in [0.1, 0.15) is 13.2 Å². The molecule has 0 aliphatic carbocycles.